The molecule has 13 heavy (non-hydrogen) atoms. The van der Waals surface area contributed by atoms with E-state index < -0.39 is 0 Å². The minimum atomic E-state index is -0.149. The van der Waals surface area contributed by atoms with Crippen LogP contribution in [0.1, 0.15) is 36.1 Å². The quantitative estimate of drug-likeness (QED) is 0.746. The average Bonchev–Trinajstić information content (AvgIpc) is 2.10. The number of aryl methyl sites for hydroxylation is 2. The normalized spacial score (nSPS) is 13.0. The molecule has 0 saturated carbocycles. The summed E-state index contributed by atoms with van der Waals surface area (Å²) >= 11 is 0. The zero-order chi connectivity index (χ0) is 10.0. The van der Waals surface area contributed by atoms with Gasteiger partial charge in [-0.2, -0.15) is 0 Å². The Morgan fingerprint density at radius 1 is 1.31 bits per heavy atom. The van der Waals surface area contributed by atoms with Gasteiger partial charge in [-0.05, 0) is 43.0 Å². The molecule has 72 valence electrons. The molecule has 0 heterocycles. The van der Waals surface area contributed by atoms with E-state index in [4.69, 9.17) is 5.73 Å². The molecule has 0 aromatic heterocycles. The van der Waals surface area contributed by atoms with Crippen LogP contribution < -0.4 is 5.73 Å². The summed E-state index contributed by atoms with van der Waals surface area (Å²) in [5, 5.41) is 0. The third-order valence-corrected chi connectivity index (χ3v) is 2.39. The molecular formula is C11H16FN. The number of nitrogens with two attached hydrogens (primary N) is 1. The summed E-state index contributed by atoms with van der Waals surface area (Å²) in [6.07, 6.45) is 0.881. The van der Waals surface area contributed by atoms with Gasteiger partial charge in [-0.15, -0.1) is 0 Å². The van der Waals surface area contributed by atoms with Crippen molar-refractivity contribution in [1.29, 1.82) is 0 Å². The van der Waals surface area contributed by atoms with Crippen LogP contribution in [0.2, 0.25) is 0 Å². The predicted molar refractivity (Wildman–Crippen MR) is 53.1 cm³/mol. The van der Waals surface area contributed by atoms with E-state index in [0.29, 0.717) is 5.56 Å². The van der Waals surface area contributed by atoms with Gasteiger partial charge in [0, 0.05) is 6.04 Å². The minimum Gasteiger partial charge on any atom is -0.324 e. The summed E-state index contributed by atoms with van der Waals surface area (Å²) in [7, 11) is 0. The van der Waals surface area contributed by atoms with Crippen LogP contribution in [0.3, 0.4) is 0 Å². The van der Waals surface area contributed by atoms with Gasteiger partial charge in [-0.1, -0.05) is 13.0 Å². The van der Waals surface area contributed by atoms with Crippen molar-refractivity contribution in [3.8, 4) is 0 Å². The Balaban J connectivity index is 3.15. The third-order valence-electron chi connectivity index (χ3n) is 2.39. The second-order valence-electron chi connectivity index (χ2n) is 3.47. The topological polar surface area (TPSA) is 26.0 Å². The zero-order valence-corrected chi connectivity index (χ0v) is 8.39. The maximum atomic E-state index is 13.1. The monoisotopic (exact) mass is 181 g/mol. The van der Waals surface area contributed by atoms with Crippen LogP contribution in [0.4, 0.5) is 4.39 Å². The number of benzene rings is 1. The highest BCUT2D eigenvalue weighted by Gasteiger charge is 2.09. The van der Waals surface area contributed by atoms with Crippen LogP contribution in [0.15, 0.2) is 12.1 Å². The summed E-state index contributed by atoms with van der Waals surface area (Å²) in [5.41, 5.74) is 8.56. The van der Waals surface area contributed by atoms with E-state index in [9.17, 15) is 4.39 Å². The second-order valence-corrected chi connectivity index (χ2v) is 3.47. The molecule has 0 spiro atoms. The molecule has 1 aromatic carbocycles. The van der Waals surface area contributed by atoms with E-state index in [2.05, 4.69) is 0 Å². The van der Waals surface area contributed by atoms with Crippen LogP contribution >= 0.6 is 0 Å². The van der Waals surface area contributed by atoms with Crippen LogP contribution in [0, 0.1) is 19.7 Å². The highest BCUT2D eigenvalue weighted by molar-refractivity contribution is 5.33. The Hall–Kier alpha value is -0.890. The first-order valence-corrected chi connectivity index (χ1v) is 4.58. The van der Waals surface area contributed by atoms with Crippen molar-refractivity contribution in [2.45, 2.75) is 33.2 Å². The number of halogens is 1. The van der Waals surface area contributed by atoms with Crippen molar-refractivity contribution in [3.63, 3.8) is 0 Å². The first-order valence-electron chi connectivity index (χ1n) is 4.58. The molecule has 2 heteroatoms. The molecule has 1 aromatic rings. The van der Waals surface area contributed by atoms with E-state index in [1.54, 1.807) is 13.0 Å². The highest BCUT2D eigenvalue weighted by Crippen LogP contribution is 2.21. The molecule has 1 unspecified atom stereocenters. The third kappa shape index (κ3) is 2.07. The molecule has 0 amide bonds. The van der Waals surface area contributed by atoms with Gasteiger partial charge >= 0.3 is 0 Å². The molecule has 0 aliphatic rings. The van der Waals surface area contributed by atoms with Crippen molar-refractivity contribution in [1.82, 2.24) is 0 Å². The molecule has 0 radical (unpaired) electrons. The van der Waals surface area contributed by atoms with Gasteiger partial charge in [0.15, 0.2) is 0 Å². The molecule has 1 atom stereocenters. The number of hydrogen-bond acceptors (Lipinski definition) is 1. The highest BCUT2D eigenvalue weighted by atomic mass is 19.1. The summed E-state index contributed by atoms with van der Waals surface area (Å²) in [6.45, 7) is 5.69. The lowest BCUT2D eigenvalue weighted by Crippen LogP contribution is -2.11. The molecule has 2 N–H and O–H groups in total. The van der Waals surface area contributed by atoms with Crippen LogP contribution in [-0.2, 0) is 0 Å². The summed E-state index contributed by atoms with van der Waals surface area (Å²) in [4.78, 5) is 0. The van der Waals surface area contributed by atoms with Gasteiger partial charge in [-0.3, -0.25) is 0 Å². The van der Waals surface area contributed by atoms with E-state index >= 15 is 0 Å². The van der Waals surface area contributed by atoms with Gasteiger partial charge in [0.25, 0.3) is 0 Å². The molecule has 1 rings (SSSR count). The number of hydrogen-bond donors (Lipinski definition) is 1. The summed E-state index contributed by atoms with van der Waals surface area (Å²) in [6, 6.07) is 3.43. The minimum absolute atomic E-state index is 0.0271. The maximum absolute atomic E-state index is 13.1. The SMILES string of the molecule is CCC(N)c1cc(C)c(F)cc1C. The number of rotatable bonds is 2. The lowest BCUT2D eigenvalue weighted by Gasteiger charge is -2.13. The smallest absolute Gasteiger partial charge is 0.126 e. The Labute approximate surface area is 78.8 Å². The lowest BCUT2D eigenvalue weighted by molar-refractivity contribution is 0.611. The largest absolute Gasteiger partial charge is 0.324 e. The van der Waals surface area contributed by atoms with Crippen molar-refractivity contribution in [3.05, 3.63) is 34.6 Å². The Morgan fingerprint density at radius 2 is 1.92 bits per heavy atom. The van der Waals surface area contributed by atoms with E-state index in [1.807, 2.05) is 19.9 Å². The van der Waals surface area contributed by atoms with Gasteiger partial charge in [0.05, 0.1) is 0 Å². The Morgan fingerprint density at radius 3 is 2.46 bits per heavy atom. The molecule has 1 nitrogen and oxygen atoms in total. The van der Waals surface area contributed by atoms with Crippen LogP contribution in [0.25, 0.3) is 0 Å². The van der Waals surface area contributed by atoms with Crippen molar-refractivity contribution >= 4 is 0 Å². The fourth-order valence-corrected chi connectivity index (χ4v) is 1.42. The van der Waals surface area contributed by atoms with Gasteiger partial charge in [-0.25, -0.2) is 4.39 Å². The molecule has 0 fully saturated rings. The lowest BCUT2D eigenvalue weighted by atomic mass is 9.98. The Bertz CT molecular complexity index is 307. The molecule has 0 aliphatic carbocycles. The predicted octanol–water partition coefficient (Wildman–Crippen LogP) is 2.85. The van der Waals surface area contributed by atoms with E-state index in [1.165, 1.54) is 0 Å². The van der Waals surface area contributed by atoms with Gasteiger partial charge in [0.1, 0.15) is 5.82 Å². The Kier molecular flexibility index (Phi) is 3.04. The van der Waals surface area contributed by atoms with Gasteiger partial charge in [0.2, 0.25) is 0 Å². The average molecular weight is 181 g/mol. The van der Waals surface area contributed by atoms with E-state index in [-0.39, 0.29) is 11.9 Å². The first kappa shape index (κ1) is 10.2. The fraction of sp³-hybridized carbons (Fsp3) is 0.455. The molecular weight excluding hydrogens is 165 g/mol. The van der Waals surface area contributed by atoms with Crippen molar-refractivity contribution in [2.24, 2.45) is 5.73 Å². The van der Waals surface area contributed by atoms with Gasteiger partial charge < -0.3 is 5.73 Å². The molecule has 0 aliphatic heterocycles. The second kappa shape index (κ2) is 3.88. The summed E-state index contributed by atoms with van der Waals surface area (Å²) < 4.78 is 13.1. The fourth-order valence-electron chi connectivity index (χ4n) is 1.42. The van der Waals surface area contributed by atoms with Crippen molar-refractivity contribution < 1.29 is 4.39 Å². The molecule has 0 saturated heterocycles. The van der Waals surface area contributed by atoms with Crippen molar-refractivity contribution in [2.75, 3.05) is 0 Å². The molecule has 0 bridgehead atoms. The first-order chi connectivity index (χ1) is 6.06. The summed E-state index contributed by atoms with van der Waals surface area (Å²) in [5.74, 6) is -0.149. The standard InChI is InChI=1S/C11H16FN/c1-4-11(13)9-5-8(3)10(12)6-7(9)2/h5-6,11H,4,13H2,1-3H3. The van der Waals surface area contributed by atoms with Crippen LogP contribution in [0.5, 0.6) is 0 Å². The van der Waals surface area contributed by atoms with E-state index in [0.717, 1.165) is 17.5 Å². The zero-order valence-electron chi connectivity index (χ0n) is 8.39. The maximum Gasteiger partial charge on any atom is 0.126 e. The van der Waals surface area contributed by atoms with Crippen LogP contribution in [-0.4, -0.2) is 0 Å².